The third-order valence-corrected chi connectivity index (χ3v) is 21.4. The molecule has 0 aromatic heterocycles. The van der Waals surface area contributed by atoms with Gasteiger partial charge in [0.2, 0.25) is 0 Å². The van der Waals surface area contributed by atoms with Crippen molar-refractivity contribution in [2.75, 3.05) is 13.1 Å². The van der Waals surface area contributed by atoms with E-state index in [1.165, 1.54) is 224 Å². The average Bonchev–Trinajstić information content (AvgIpc) is 0.668. The molecular weight excluding hydrogens is 1550 g/mol. The summed E-state index contributed by atoms with van der Waals surface area (Å²) in [7, 11) is 0. The zero-order valence-corrected chi connectivity index (χ0v) is 62.0. The zero-order valence-electron chi connectivity index (χ0n) is 62.0. The summed E-state index contributed by atoms with van der Waals surface area (Å²) in [6.07, 6.45) is 38.5. The number of hydrogen-bond donors (Lipinski definition) is 1. The summed E-state index contributed by atoms with van der Waals surface area (Å²) in [6, 6.07) is 9.17. The van der Waals surface area contributed by atoms with Gasteiger partial charge in [-0.2, -0.15) is 0 Å². The second-order valence-electron chi connectivity index (χ2n) is 28.8. The molecule has 9 aromatic rings. The van der Waals surface area contributed by atoms with Crippen molar-refractivity contribution in [3.63, 3.8) is 0 Å². The summed E-state index contributed by atoms with van der Waals surface area (Å²) < 4.78 is 442. The van der Waals surface area contributed by atoms with E-state index in [9.17, 15) is 35.1 Å². The highest BCUT2D eigenvalue weighted by atomic mass is 19.2. The first-order valence-electron chi connectivity index (χ1n) is 38.1. The molecule has 0 saturated carbocycles. The molecule has 0 atom stereocenters. The highest BCUT2D eigenvalue weighted by Gasteiger charge is 2.53. The molecule has 0 spiro atoms. The normalized spacial score (nSPS) is 12.1. The topological polar surface area (TPSA) is 4.44 Å². The highest BCUT2D eigenvalue weighted by Crippen LogP contribution is 2.42. The van der Waals surface area contributed by atoms with Crippen LogP contribution in [0.1, 0.15) is 225 Å². The van der Waals surface area contributed by atoms with Gasteiger partial charge >= 0.3 is 0 Å². The van der Waals surface area contributed by atoms with E-state index in [0.717, 1.165) is 0 Å². The number of halogens is 28. The standard InChI is InChI=1S/C43H81N.C40BF28/c1-4-6-8-10-12-14-16-18-20-22-24-26-28-30-32-36-40-44(43-39-35-34-38-42(43)3)41-37-33-31-29-27-25-23-21-19-17-15-13-11-9-7-5-2;42-13-1-5(25(54)37(66)33(62)21(1)50)17(46)29(58)9(13)41(10-14(43)2-6(18(47)30(10)59)26(55)38(67)34(63)22(2)51,11-15(44)3-7(19(48)31(11)60)27(56)39(68)35(64)23(3)52)12-16(45)4-8(20(49)32(12)61)28(57)40(69)36(65)24(4)53/h34-35,38-39H,4-33,36-37,40-41H2,1-3H3;/q;-1/p+1. The number of quaternary nitrogens is 1. The van der Waals surface area contributed by atoms with Gasteiger partial charge in [-0.3, -0.25) is 0 Å². The Morgan fingerprint density at radius 3 is 0.540 bits per heavy atom. The van der Waals surface area contributed by atoms with E-state index < -0.39 is 234 Å². The molecule has 0 bridgehead atoms. The number of nitrogens with one attached hydrogen (secondary N) is 1. The van der Waals surface area contributed by atoms with Gasteiger partial charge in [-0.25, -0.2) is 123 Å². The lowest BCUT2D eigenvalue weighted by molar-refractivity contribution is -0.833. The van der Waals surface area contributed by atoms with Crippen LogP contribution in [-0.4, -0.2) is 19.2 Å². The van der Waals surface area contributed by atoms with Gasteiger partial charge in [0.15, 0.2) is 116 Å². The van der Waals surface area contributed by atoms with E-state index in [2.05, 4.69) is 45.0 Å². The lowest BCUT2D eigenvalue weighted by Gasteiger charge is -2.45. The molecule has 1 N–H and O–H groups in total. The maximum Gasteiger partial charge on any atom is 0.198 e. The van der Waals surface area contributed by atoms with Gasteiger partial charge in [-0.1, -0.05) is 212 Å². The Kier molecular flexibility index (Phi) is 32.5. The highest BCUT2D eigenvalue weighted by molar-refractivity contribution is 7.20. The van der Waals surface area contributed by atoms with E-state index in [-0.39, 0.29) is 0 Å². The smallest absolute Gasteiger partial charge is 0.198 e. The van der Waals surface area contributed by atoms with Gasteiger partial charge in [-0.15, -0.1) is 21.9 Å². The minimum atomic E-state index is -7.99. The van der Waals surface area contributed by atoms with Gasteiger partial charge < -0.3 is 4.90 Å². The molecular formula is C83H82BF28N. The molecule has 0 aliphatic rings. The number of para-hydroxylation sites is 1. The fourth-order valence-corrected chi connectivity index (χ4v) is 15.5. The number of unbranched alkanes of at least 4 members (excludes halogenated alkanes) is 30. The summed E-state index contributed by atoms with van der Waals surface area (Å²) in [5.74, 6) is -102. The molecule has 9 aromatic carbocycles. The van der Waals surface area contributed by atoms with Crippen molar-refractivity contribution in [2.45, 2.75) is 226 Å². The Balaban J connectivity index is 0.000000315. The Labute approximate surface area is 634 Å². The number of rotatable bonds is 39. The Morgan fingerprint density at radius 1 is 0.195 bits per heavy atom. The third kappa shape index (κ3) is 18.4. The molecule has 0 heterocycles. The number of fused-ring (bicyclic) bond motifs is 4. The van der Waals surface area contributed by atoms with Crippen LogP contribution < -0.4 is 26.8 Å². The molecule has 0 radical (unpaired) electrons. The number of hydrogen-bond acceptors (Lipinski definition) is 0. The molecule has 0 fully saturated rings. The Hall–Kier alpha value is -7.92. The molecule has 1 nitrogen and oxygen atoms in total. The van der Waals surface area contributed by atoms with Gasteiger partial charge in [0.05, 0.1) is 56.2 Å². The lowest BCUT2D eigenvalue weighted by Crippen LogP contribution is -3.07. The van der Waals surface area contributed by atoms with Crippen molar-refractivity contribution in [2.24, 2.45) is 0 Å². The largest absolute Gasteiger partial charge is 0.302 e. The van der Waals surface area contributed by atoms with Crippen molar-refractivity contribution in [1.82, 2.24) is 0 Å². The lowest BCUT2D eigenvalue weighted by atomic mass is 9.12. The summed E-state index contributed by atoms with van der Waals surface area (Å²) in [4.78, 5) is 1.75. The first-order chi connectivity index (χ1) is 53.8. The molecule has 618 valence electrons. The van der Waals surface area contributed by atoms with Gasteiger partial charge in [0, 0.05) is 5.56 Å². The predicted molar refractivity (Wildman–Crippen MR) is 380 cm³/mol. The van der Waals surface area contributed by atoms with Crippen LogP contribution in [0.15, 0.2) is 24.3 Å². The van der Waals surface area contributed by atoms with E-state index in [4.69, 9.17) is 0 Å². The molecule has 0 aliphatic heterocycles. The molecule has 0 saturated heterocycles. The van der Waals surface area contributed by atoms with E-state index in [1.54, 1.807) is 10.6 Å². The second kappa shape index (κ2) is 40.6. The summed E-state index contributed by atoms with van der Waals surface area (Å²) in [5, 5.41) is -25.0. The van der Waals surface area contributed by atoms with E-state index in [0.29, 0.717) is 0 Å². The van der Waals surface area contributed by atoms with Crippen molar-refractivity contribution in [1.29, 1.82) is 0 Å². The summed E-state index contributed by atoms with van der Waals surface area (Å²) in [6.45, 7) is 9.58. The fraction of sp³-hybridized carbons (Fsp3) is 0.446. The summed E-state index contributed by atoms with van der Waals surface area (Å²) >= 11 is 0. The zero-order chi connectivity index (χ0) is 83.2. The molecule has 9 rings (SSSR count). The summed E-state index contributed by atoms with van der Waals surface area (Å²) in [5.41, 5.74) is -12.8. The van der Waals surface area contributed by atoms with E-state index >= 15 is 87.8 Å². The number of benzene rings is 9. The van der Waals surface area contributed by atoms with Gasteiger partial charge in [0.1, 0.15) is 58.4 Å². The Morgan fingerprint density at radius 2 is 0.354 bits per heavy atom. The Bertz CT molecular complexity index is 4380. The minimum Gasteiger partial charge on any atom is -0.302 e. The fourth-order valence-electron chi connectivity index (χ4n) is 15.5. The third-order valence-electron chi connectivity index (χ3n) is 21.4. The average molecular weight is 1640 g/mol. The van der Waals surface area contributed by atoms with Crippen molar-refractivity contribution < 1.29 is 128 Å². The first kappa shape index (κ1) is 90.6. The van der Waals surface area contributed by atoms with Gasteiger partial charge in [0.25, 0.3) is 0 Å². The van der Waals surface area contributed by atoms with Crippen LogP contribution in [0.25, 0.3) is 43.1 Å². The van der Waals surface area contributed by atoms with Crippen LogP contribution in [0.4, 0.5) is 129 Å². The van der Waals surface area contributed by atoms with E-state index in [1.807, 2.05) is 0 Å². The van der Waals surface area contributed by atoms with Gasteiger partial charge in [-0.05, 0) is 38.7 Å². The quantitative estimate of drug-likeness (QED) is 0.0129. The second-order valence-corrected chi connectivity index (χ2v) is 28.8. The van der Waals surface area contributed by atoms with Crippen molar-refractivity contribution >= 4 is 76.8 Å². The molecule has 30 heteroatoms. The van der Waals surface area contributed by atoms with Crippen molar-refractivity contribution in [3.05, 3.63) is 193 Å². The van der Waals surface area contributed by atoms with Crippen molar-refractivity contribution in [3.8, 4) is 0 Å². The molecule has 0 unspecified atom stereocenters. The van der Waals surface area contributed by atoms with Crippen LogP contribution in [0.3, 0.4) is 0 Å². The van der Waals surface area contributed by atoms with Crippen LogP contribution in [0, 0.1) is 170 Å². The SMILES string of the molecule is CCCCCCCCCCCCCCCCCC[NH+](CCCCCCCCCCCCCCCCCC)c1ccccc1C.Fc1c(F)c(F)c2c(F)c([B-](c3c(F)c(F)c4c(F)c(F)c(F)c(F)c4c3F)(c3c(F)c(F)c4c(F)c(F)c(F)c(F)c4c3F)c3c(F)c(F)c4c(F)c(F)c(F)c(F)c4c3F)c(F)c(F)c2c1F. The predicted octanol–water partition coefficient (Wildman–Crippen LogP) is 25.6. The van der Waals surface area contributed by atoms with Crippen LogP contribution in [-0.2, 0) is 0 Å². The van der Waals surface area contributed by atoms with Crippen LogP contribution in [0.2, 0.25) is 0 Å². The molecule has 0 aliphatic carbocycles. The van der Waals surface area contributed by atoms with Crippen LogP contribution >= 0.6 is 0 Å². The first-order valence-corrected chi connectivity index (χ1v) is 38.1. The van der Waals surface area contributed by atoms with Crippen LogP contribution in [0.5, 0.6) is 0 Å². The monoisotopic (exact) mass is 1640 g/mol. The number of aryl methyl sites for hydroxylation is 1. The minimum absolute atomic E-state index is 1.32. The molecule has 0 amide bonds. The maximum atomic E-state index is 17.4. The maximum absolute atomic E-state index is 17.4. The molecule has 113 heavy (non-hydrogen) atoms.